The van der Waals surface area contributed by atoms with Gasteiger partial charge in [-0.05, 0) is 62.6 Å². The second-order valence-corrected chi connectivity index (χ2v) is 8.70. The molecule has 0 fully saturated rings. The quantitative estimate of drug-likeness (QED) is 0.154. The van der Waals surface area contributed by atoms with Gasteiger partial charge >= 0.3 is 0 Å². The molecule has 0 amide bonds. The van der Waals surface area contributed by atoms with Crippen LogP contribution in [0.15, 0.2) is 52.1 Å². The van der Waals surface area contributed by atoms with Gasteiger partial charge in [0, 0.05) is 12.1 Å². The highest BCUT2D eigenvalue weighted by molar-refractivity contribution is 6.55. The first-order valence-corrected chi connectivity index (χ1v) is 11.5. The van der Waals surface area contributed by atoms with Crippen molar-refractivity contribution in [3.8, 4) is 17.2 Å². The zero-order valence-electron chi connectivity index (χ0n) is 17.8. The summed E-state index contributed by atoms with van der Waals surface area (Å²) < 4.78 is 17.1. The fraction of sp³-hybridized carbons (Fsp3) is 0.348. The number of oxime groups is 1. The van der Waals surface area contributed by atoms with E-state index in [1.165, 1.54) is 6.08 Å². The van der Waals surface area contributed by atoms with Crippen molar-refractivity contribution < 1.29 is 19.0 Å². The maximum Gasteiger partial charge on any atom is 0.156 e. The van der Waals surface area contributed by atoms with Crippen LogP contribution < -0.4 is 14.2 Å². The van der Waals surface area contributed by atoms with Gasteiger partial charge < -0.3 is 19.0 Å². The summed E-state index contributed by atoms with van der Waals surface area (Å²) in [5.74, 6) is 1.71. The van der Waals surface area contributed by atoms with Crippen LogP contribution in [0.4, 0.5) is 0 Å². The molecule has 0 bridgehead atoms. The van der Waals surface area contributed by atoms with E-state index in [-0.39, 0.29) is 17.2 Å². The van der Waals surface area contributed by atoms with E-state index in [2.05, 4.69) is 5.16 Å². The van der Waals surface area contributed by atoms with Gasteiger partial charge in [-0.2, -0.15) is 0 Å². The third-order valence-corrected chi connectivity index (χ3v) is 4.74. The molecule has 0 N–H and O–H groups in total. The summed E-state index contributed by atoms with van der Waals surface area (Å²) in [4.78, 5) is 5.15. The smallest absolute Gasteiger partial charge is 0.156 e. The van der Waals surface area contributed by atoms with Gasteiger partial charge in [-0.25, -0.2) is 0 Å². The Morgan fingerprint density at radius 3 is 2.12 bits per heavy atom. The number of rotatable bonds is 13. The zero-order chi connectivity index (χ0) is 23.3. The molecule has 32 heavy (non-hydrogen) atoms. The number of nitrogens with zero attached hydrogens (tertiary/aromatic N) is 1. The number of hydrogen-bond acceptors (Lipinski definition) is 5. The third kappa shape index (κ3) is 10.2. The topological polar surface area (TPSA) is 49.3 Å². The maximum atomic E-state index is 6.26. The van der Waals surface area contributed by atoms with Crippen LogP contribution in [0.2, 0.25) is 10.0 Å². The van der Waals surface area contributed by atoms with E-state index < -0.39 is 0 Å². The first kappa shape index (κ1) is 26.5. The molecule has 0 aliphatic heterocycles. The molecular weight excluding hydrogens is 496 g/mol. The number of hydrogen-bond donors (Lipinski definition) is 0. The SMILES string of the molecule is CC(C)O/N=C/c1ccc(OCCCCOc2c(Cl)cc(OCC=C(Cl)Cl)cc2Cl)cc1. The molecule has 0 atom stereocenters. The lowest BCUT2D eigenvalue weighted by atomic mass is 10.2. The summed E-state index contributed by atoms with van der Waals surface area (Å²) in [6.45, 7) is 5.08. The molecule has 0 aromatic heterocycles. The molecule has 2 aromatic carbocycles. The van der Waals surface area contributed by atoms with Crippen molar-refractivity contribution in [3.63, 3.8) is 0 Å². The Balaban J connectivity index is 1.69. The standard InChI is InChI=1S/C23H25Cl4NO4/c1-16(2)32-28-15-17-5-7-18(8-6-17)29-10-3-4-11-31-23-20(24)13-19(14-21(23)25)30-12-9-22(26)27/h5-9,13-16H,3-4,10-12H2,1-2H3/b28-15+. The normalized spacial score (nSPS) is 11.0. The van der Waals surface area contributed by atoms with Crippen LogP contribution in [0.25, 0.3) is 0 Å². The molecule has 0 radical (unpaired) electrons. The summed E-state index contributed by atoms with van der Waals surface area (Å²) in [7, 11) is 0. The van der Waals surface area contributed by atoms with E-state index in [1.807, 2.05) is 38.1 Å². The summed E-state index contributed by atoms with van der Waals surface area (Å²) >= 11 is 23.6. The van der Waals surface area contributed by atoms with Crippen LogP contribution in [-0.2, 0) is 4.84 Å². The van der Waals surface area contributed by atoms with Crippen molar-refractivity contribution in [3.05, 3.63) is 62.6 Å². The summed E-state index contributed by atoms with van der Waals surface area (Å²) in [6.07, 6.45) is 4.84. The van der Waals surface area contributed by atoms with Crippen LogP contribution in [-0.4, -0.2) is 32.1 Å². The first-order valence-electron chi connectivity index (χ1n) is 10.0. The molecule has 174 valence electrons. The fourth-order valence-corrected chi connectivity index (χ4v) is 3.09. The van der Waals surface area contributed by atoms with Crippen LogP contribution in [0.5, 0.6) is 17.2 Å². The second kappa shape index (κ2) is 14.4. The minimum absolute atomic E-state index is 0.0576. The van der Waals surface area contributed by atoms with Crippen molar-refractivity contribution in [2.75, 3.05) is 19.8 Å². The average molecular weight is 521 g/mol. The van der Waals surface area contributed by atoms with Crippen molar-refractivity contribution >= 4 is 52.6 Å². The van der Waals surface area contributed by atoms with E-state index >= 15 is 0 Å². The molecule has 2 rings (SSSR count). The predicted molar refractivity (Wildman–Crippen MR) is 132 cm³/mol. The van der Waals surface area contributed by atoms with Crippen LogP contribution >= 0.6 is 46.4 Å². The third-order valence-electron chi connectivity index (χ3n) is 3.87. The van der Waals surface area contributed by atoms with Gasteiger partial charge in [-0.3, -0.25) is 0 Å². The van der Waals surface area contributed by atoms with E-state index in [4.69, 9.17) is 65.5 Å². The van der Waals surface area contributed by atoms with Crippen molar-refractivity contribution in [1.82, 2.24) is 0 Å². The van der Waals surface area contributed by atoms with E-state index in [9.17, 15) is 0 Å². The maximum absolute atomic E-state index is 6.26. The van der Waals surface area contributed by atoms with Gasteiger partial charge in [0.15, 0.2) is 5.75 Å². The number of unbranched alkanes of at least 4 members (excludes halogenated alkanes) is 1. The molecule has 0 saturated carbocycles. The van der Waals surface area contributed by atoms with Crippen molar-refractivity contribution in [2.24, 2.45) is 5.16 Å². The van der Waals surface area contributed by atoms with Gasteiger partial charge in [0.1, 0.15) is 28.7 Å². The van der Waals surface area contributed by atoms with E-state index in [1.54, 1.807) is 18.3 Å². The predicted octanol–water partition coefficient (Wildman–Crippen LogP) is 7.69. The lowest BCUT2D eigenvalue weighted by Crippen LogP contribution is -2.03. The van der Waals surface area contributed by atoms with Gasteiger partial charge in [0.05, 0.1) is 29.5 Å². The molecule has 0 saturated heterocycles. The monoisotopic (exact) mass is 519 g/mol. The van der Waals surface area contributed by atoms with E-state index in [0.29, 0.717) is 34.8 Å². The van der Waals surface area contributed by atoms with Crippen LogP contribution in [0, 0.1) is 0 Å². The minimum atomic E-state index is 0.0576. The van der Waals surface area contributed by atoms with Crippen molar-refractivity contribution in [1.29, 1.82) is 0 Å². The largest absolute Gasteiger partial charge is 0.494 e. The molecule has 0 unspecified atom stereocenters. The van der Waals surface area contributed by atoms with Gasteiger partial charge in [0.25, 0.3) is 0 Å². The Morgan fingerprint density at radius 1 is 0.906 bits per heavy atom. The minimum Gasteiger partial charge on any atom is -0.494 e. The molecule has 5 nitrogen and oxygen atoms in total. The highest BCUT2D eigenvalue weighted by Crippen LogP contribution is 2.37. The molecule has 2 aromatic rings. The van der Waals surface area contributed by atoms with E-state index in [0.717, 1.165) is 24.2 Å². The molecule has 0 aliphatic rings. The van der Waals surface area contributed by atoms with Crippen LogP contribution in [0.1, 0.15) is 32.3 Å². The molecular formula is C23H25Cl4NO4. The Hall–Kier alpha value is -1.79. The highest BCUT2D eigenvalue weighted by atomic mass is 35.5. The Morgan fingerprint density at radius 2 is 1.53 bits per heavy atom. The van der Waals surface area contributed by atoms with Crippen LogP contribution in [0.3, 0.4) is 0 Å². The van der Waals surface area contributed by atoms with Gasteiger partial charge in [-0.1, -0.05) is 51.6 Å². The molecule has 9 heteroatoms. The fourth-order valence-electron chi connectivity index (χ4n) is 2.39. The summed E-state index contributed by atoms with van der Waals surface area (Å²) in [5.41, 5.74) is 0.941. The average Bonchev–Trinajstić information content (AvgIpc) is 2.72. The zero-order valence-corrected chi connectivity index (χ0v) is 20.8. The Labute approximate surface area is 208 Å². The first-order chi connectivity index (χ1) is 15.3. The number of halogens is 4. The lowest BCUT2D eigenvalue weighted by molar-refractivity contribution is 0.0873. The lowest BCUT2D eigenvalue weighted by Gasteiger charge is -2.12. The summed E-state index contributed by atoms with van der Waals surface area (Å²) in [6, 6.07) is 10.9. The summed E-state index contributed by atoms with van der Waals surface area (Å²) in [5, 5.41) is 4.65. The second-order valence-electron chi connectivity index (χ2n) is 6.88. The molecule has 0 spiro atoms. The van der Waals surface area contributed by atoms with Crippen molar-refractivity contribution in [2.45, 2.75) is 32.8 Å². The van der Waals surface area contributed by atoms with Gasteiger partial charge in [0.2, 0.25) is 0 Å². The highest BCUT2D eigenvalue weighted by Gasteiger charge is 2.10. The number of ether oxygens (including phenoxy) is 3. The Kier molecular flexibility index (Phi) is 11.9. The molecule has 0 heterocycles. The molecule has 0 aliphatic carbocycles. The Bertz CT molecular complexity index is 874. The number of benzene rings is 2. The van der Waals surface area contributed by atoms with Gasteiger partial charge in [-0.15, -0.1) is 0 Å².